The molecule has 1 aliphatic heterocycles. The summed E-state index contributed by atoms with van der Waals surface area (Å²) < 4.78 is 55.1. The van der Waals surface area contributed by atoms with E-state index in [0.29, 0.717) is 31.5 Å². The van der Waals surface area contributed by atoms with E-state index in [1.807, 2.05) is 12.2 Å². The zero-order valence-electron chi connectivity index (χ0n) is 39.3. The molecule has 17 nitrogen and oxygen atoms in total. The predicted molar refractivity (Wildman–Crippen MR) is 250 cm³/mol. The number of phosphoric ester groups is 2. The smallest absolute Gasteiger partial charge is 0.462 e. The molecule has 2 aliphatic rings. The van der Waals surface area contributed by atoms with E-state index in [2.05, 4.69) is 54.8 Å². The van der Waals surface area contributed by atoms with Gasteiger partial charge < -0.3 is 49.3 Å². The fraction of sp³-hybridized carbons (Fsp3) is 0.787. The second-order valence-electron chi connectivity index (χ2n) is 17.2. The van der Waals surface area contributed by atoms with Crippen molar-refractivity contribution in [3.8, 4) is 0 Å². The van der Waals surface area contributed by atoms with Crippen LogP contribution in [0.1, 0.15) is 168 Å². The van der Waals surface area contributed by atoms with Crippen LogP contribution in [0.3, 0.4) is 0 Å². The molecule has 1 heterocycles. The van der Waals surface area contributed by atoms with Crippen LogP contribution in [-0.4, -0.2) is 115 Å². The zero-order valence-corrected chi connectivity index (χ0v) is 41.1. The average Bonchev–Trinajstić information content (AvgIpc) is 4.03. The average molecular weight is 981 g/mol. The molecule has 19 heteroatoms. The summed E-state index contributed by atoms with van der Waals surface area (Å²) >= 11 is 0. The van der Waals surface area contributed by atoms with Crippen molar-refractivity contribution in [1.29, 1.82) is 0 Å². The van der Waals surface area contributed by atoms with E-state index >= 15 is 0 Å². The van der Waals surface area contributed by atoms with Crippen molar-refractivity contribution in [3.63, 3.8) is 0 Å². The van der Waals surface area contributed by atoms with E-state index in [9.17, 15) is 53.8 Å². The molecule has 0 radical (unpaired) electrons. The van der Waals surface area contributed by atoms with Crippen LogP contribution in [0, 0.1) is 0 Å². The van der Waals surface area contributed by atoms with Gasteiger partial charge in [-0.3, -0.25) is 23.2 Å². The minimum absolute atomic E-state index is 0.0239. The van der Waals surface area contributed by atoms with Crippen LogP contribution < -0.4 is 0 Å². The highest BCUT2D eigenvalue weighted by Crippen LogP contribution is 2.49. The number of hydrogen-bond donors (Lipinski definition) is 7. The molecule has 7 unspecified atom stereocenters. The number of carbonyl (C=O) groups excluding carboxylic acids is 2. The maximum Gasteiger partial charge on any atom is 0.472 e. The largest absolute Gasteiger partial charge is 0.472 e. The van der Waals surface area contributed by atoms with Crippen LogP contribution in [0.4, 0.5) is 0 Å². The minimum Gasteiger partial charge on any atom is -0.462 e. The van der Waals surface area contributed by atoms with Crippen molar-refractivity contribution in [1.82, 2.24) is 0 Å². The maximum atomic E-state index is 13.0. The fourth-order valence-electron chi connectivity index (χ4n) is 7.40. The highest BCUT2D eigenvalue weighted by Gasteiger charge is 2.54. The van der Waals surface area contributed by atoms with Crippen LogP contribution in [-0.2, 0) is 46.5 Å². The summed E-state index contributed by atoms with van der Waals surface area (Å²) in [6.07, 6.45) is 25.3. The summed E-state index contributed by atoms with van der Waals surface area (Å²) in [5.41, 5.74) is 0. The van der Waals surface area contributed by atoms with Crippen molar-refractivity contribution < 1.29 is 81.6 Å². The molecule has 0 aromatic rings. The van der Waals surface area contributed by atoms with Crippen LogP contribution in [0.2, 0.25) is 0 Å². The summed E-state index contributed by atoms with van der Waals surface area (Å²) in [6, 6.07) is 0. The van der Waals surface area contributed by atoms with E-state index in [1.54, 1.807) is 0 Å². The molecule has 2 fully saturated rings. The Bertz CT molecular complexity index is 1530. The molecule has 0 aromatic carbocycles. The first-order valence-corrected chi connectivity index (χ1v) is 27.3. The molecule has 10 atom stereocenters. The lowest BCUT2D eigenvalue weighted by Gasteiger charge is -2.43. The van der Waals surface area contributed by atoms with Gasteiger partial charge in [-0.15, -0.1) is 0 Å². The second-order valence-corrected chi connectivity index (χ2v) is 19.8. The van der Waals surface area contributed by atoms with Crippen molar-refractivity contribution in [2.45, 2.75) is 223 Å². The van der Waals surface area contributed by atoms with Crippen molar-refractivity contribution in [2.24, 2.45) is 0 Å². The SMILES string of the molecule is CCCCCC/C=C\CCCCCCCCCC(=O)O[C@H](COC(=O)CCC/C=C\C/C=C\C/C=C\CC1OC1CCCCC)COP(=O)(O)O[C@H]1C(O)C(O)C(O)[C@@H](OP(=O)(O)O)C1O. The van der Waals surface area contributed by atoms with Gasteiger partial charge in [-0.25, -0.2) is 9.13 Å². The predicted octanol–water partition coefficient (Wildman–Crippen LogP) is 8.27. The summed E-state index contributed by atoms with van der Waals surface area (Å²) in [4.78, 5) is 54.3. The number of ether oxygens (including phenoxy) is 3. The number of aliphatic hydroxyl groups is 4. The number of carbonyl (C=O) groups is 2. The third kappa shape index (κ3) is 28.4. The molecule has 0 amide bonds. The monoisotopic (exact) mass is 981 g/mol. The van der Waals surface area contributed by atoms with Gasteiger partial charge in [-0.1, -0.05) is 133 Å². The Morgan fingerprint density at radius 1 is 0.561 bits per heavy atom. The summed E-state index contributed by atoms with van der Waals surface area (Å²) in [7, 11) is -10.7. The lowest BCUT2D eigenvalue weighted by atomic mass is 9.85. The van der Waals surface area contributed by atoms with Gasteiger partial charge in [0, 0.05) is 12.8 Å². The first-order chi connectivity index (χ1) is 31.6. The molecule has 7 N–H and O–H groups in total. The lowest BCUT2D eigenvalue weighted by molar-refractivity contribution is -0.216. The Balaban J connectivity index is 1.80. The molecule has 66 heavy (non-hydrogen) atoms. The Morgan fingerprint density at radius 2 is 1.08 bits per heavy atom. The Labute approximate surface area is 392 Å². The van der Waals surface area contributed by atoms with Gasteiger partial charge in [0.05, 0.1) is 18.8 Å². The molecule has 1 aliphatic carbocycles. The highest BCUT2D eigenvalue weighted by atomic mass is 31.2. The topological polar surface area (TPSA) is 269 Å². The van der Waals surface area contributed by atoms with E-state index in [1.165, 1.54) is 44.9 Å². The summed E-state index contributed by atoms with van der Waals surface area (Å²) in [5.74, 6) is -1.28. The van der Waals surface area contributed by atoms with E-state index in [-0.39, 0.29) is 12.8 Å². The van der Waals surface area contributed by atoms with Crippen LogP contribution in [0.5, 0.6) is 0 Å². The van der Waals surface area contributed by atoms with Gasteiger partial charge in [0.25, 0.3) is 0 Å². The van der Waals surface area contributed by atoms with E-state index < -0.39 is 83.5 Å². The summed E-state index contributed by atoms with van der Waals surface area (Å²) in [6.45, 7) is 3.01. The molecule has 1 saturated heterocycles. The first-order valence-electron chi connectivity index (χ1n) is 24.3. The van der Waals surface area contributed by atoms with E-state index in [0.717, 1.165) is 77.0 Å². The molecule has 0 spiro atoms. The van der Waals surface area contributed by atoms with Gasteiger partial charge in [0.15, 0.2) is 6.10 Å². The van der Waals surface area contributed by atoms with E-state index in [4.69, 9.17) is 23.3 Å². The van der Waals surface area contributed by atoms with Gasteiger partial charge in [0.1, 0.15) is 43.2 Å². The number of epoxide rings is 1. The molecular formula is C47H82O17P2. The molecule has 2 rings (SSSR count). The van der Waals surface area contributed by atoms with Crippen LogP contribution in [0.15, 0.2) is 48.6 Å². The zero-order chi connectivity index (χ0) is 48.6. The number of rotatable bonds is 39. The molecule has 0 bridgehead atoms. The van der Waals surface area contributed by atoms with Gasteiger partial charge in [-0.2, -0.15) is 0 Å². The van der Waals surface area contributed by atoms with Crippen molar-refractivity contribution >= 4 is 27.6 Å². The standard InChI is InChI=1S/C47H82O17P2/c1-3-5-7-8-9-10-11-12-13-14-15-20-23-26-30-34-41(49)61-37(36-60-66(57,58)64-47-44(52)42(50)43(51)46(45(47)53)63-65(54,55)56)35-59-40(48)33-29-25-22-19-17-16-18-21-24-28-32-39-38(62-39)31-27-6-4-2/h10-11,16,18-19,22,24,28,37-39,42-47,50-53H,3-9,12-15,17,20-21,23,25-27,29-36H2,1-2H3,(H,57,58)(H2,54,55,56)/b11-10-,18-16-,22-19-,28-24-/t37-,38?,39?,42?,43?,44?,45?,46-,47+/m1/s1. The Morgan fingerprint density at radius 3 is 1.71 bits per heavy atom. The van der Waals surface area contributed by atoms with Gasteiger partial charge >= 0.3 is 27.6 Å². The van der Waals surface area contributed by atoms with Crippen LogP contribution in [0.25, 0.3) is 0 Å². The maximum absolute atomic E-state index is 13.0. The van der Waals surface area contributed by atoms with Crippen molar-refractivity contribution in [3.05, 3.63) is 48.6 Å². The van der Waals surface area contributed by atoms with Crippen molar-refractivity contribution in [2.75, 3.05) is 13.2 Å². The molecule has 1 saturated carbocycles. The number of esters is 2. The normalized spacial score (nSPS) is 25.0. The third-order valence-electron chi connectivity index (χ3n) is 11.3. The first kappa shape index (κ1) is 60.0. The second kappa shape index (κ2) is 35.1. The Hall–Kier alpha value is -2.08. The minimum atomic E-state index is -5.37. The number of allylic oxidation sites excluding steroid dienone is 7. The summed E-state index contributed by atoms with van der Waals surface area (Å²) in [5, 5.41) is 41.2. The van der Waals surface area contributed by atoms with Gasteiger partial charge in [-0.05, 0) is 70.6 Å². The number of phosphoric acid groups is 2. The number of unbranched alkanes of at least 4 members (excludes halogenated alkanes) is 14. The number of hydrogen-bond acceptors (Lipinski definition) is 14. The lowest BCUT2D eigenvalue weighted by Crippen LogP contribution is -2.64. The molecular weight excluding hydrogens is 898 g/mol. The quantitative estimate of drug-likeness (QED) is 0.0100. The van der Waals surface area contributed by atoms with Gasteiger partial charge in [0.2, 0.25) is 0 Å². The third-order valence-corrected chi connectivity index (χ3v) is 12.8. The molecule has 382 valence electrons. The molecule has 0 aromatic heterocycles. The highest BCUT2D eigenvalue weighted by molar-refractivity contribution is 7.47. The fourth-order valence-corrected chi connectivity index (χ4v) is 8.94. The number of aliphatic hydroxyl groups excluding tert-OH is 4. The Kier molecular flexibility index (Phi) is 31.9. The van der Waals surface area contributed by atoms with Crippen LogP contribution >= 0.6 is 15.6 Å².